The van der Waals surface area contributed by atoms with Gasteiger partial charge in [0, 0.05) is 30.0 Å². The van der Waals surface area contributed by atoms with Gasteiger partial charge < -0.3 is 20.3 Å². The number of hydrogen-bond acceptors (Lipinski definition) is 3. The number of carbonyl (C=O) groups excluding carboxylic acids is 2. The number of halogens is 4. The van der Waals surface area contributed by atoms with E-state index in [1.807, 2.05) is 26.0 Å². The number of benzene rings is 3. The molecule has 3 aromatic rings. The van der Waals surface area contributed by atoms with Crippen LogP contribution in [0.2, 0.25) is 5.02 Å². The molecule has 6 nitrogen and oxygen atoms in total. The Morgan fingerprint density at radius 3 is 1.95 bits per heavy atom. The highest BCUT2D eigenvalue weighted by Crippen LogP contribution is 2.36. The van der Waals surface area contributed by atoms with Crippen LogP contribution in [0.5, 0.6) is 0 Å². The maximum Gasteiger partial charge on any atom is 0.417 e. The number of amides is 3. The number of nitrogens with one attached hydrogen (secondary N) is 2. The van der Waals surface area contributed by atoms with Gasteiger partial charge in [0.15, 0.2) is 0 Å². The van der Waals surface area contributed by atoms with Crippen molar-refractivity contribution in [1.82, 2.24) is 4.90 Å². The van der Waals surface area contributed by atoms with Crippen LogP contribution in [-0.4, -0.2) is 42.1 Å². The second-order valence-corrected chi connectivity index (χ2v) is 9.30. The highest BCUT2D eigenvalue weighted by atomic mass is 35.5. The first-order valence-electron chi connectivity index (χ1n) is 11.6. The Morgan fingerprint density at radius 2 is 1.38 bits per heavy atom. The van der Waals surface area contributed by atoms with Crippen molar-refractivity contribution < 1.29 is 27.5 Å². The van der Waals surface area contributed by atoms with Gasteiger partial charge >= 0.3 is 12.2 Å². The molecule has 0 aromatic heterocycles. The average Bonchev–Trinajstić information content (AvgIpc) is 2.84. The topological polar surface area (TPSA) is 70.7 Å². The molecule has 2 N–H and O–H groups in total. The lowest BCUT2D eigenvalue weighted by Gasteiger charge is -2.35. The molecule has 0 radical (unpaired) electrons. The van der Waals surface area contributed by atoms with Crippen LogP contribution in [0.1, 0.15) is 29.8 Å². The Hall–Kier alpha value is -3.56. The number of urea groups is 1. The third-order valence-electron chi connectivity index (χ3n) is 5.84. The van der Waals surface area contributed by atoms with E-state index in [1.165, 1.54) is 6.07 Å². The van der Waals surface area contributed by atoms with Gasteiger partial charge in [0.25, 0.3) is 5.91 Å². The third-order valence-corrected chi connectivity index (χ3v) is 6.17. The van der Waals surface area contributed by atoms with Gasteiger partial charge in [-0.25, -0.2) is 4.79 Å². The van der Waals surface area contributed by atoms with Gasteiger partial charge in [-0.05, 0) is 67.4 Å². The van der Waals surface area contributed by atoms with E-state index >= 15 is 0 Å². The molecule has 4 rings (SSSR count). The van der Waals surface area contributed by atoms with Crippen molar-refractivity contribution in [1.29, 1.82) is 0 Å². The van der Waals surface area contributed by atoms with Crippen LogP contribution in [0.25, 0.3) is 11.1 Å². The second-order valence-electron chi connectivity index (χ2n) is 8.89. The summed E-state index contributed by atoms with van der Waals surface area (Å²) in [4.78, 5) is 26.9. The quantitative estimate of drug-likeness (QED) is 0.384. The Labute approximate surface area is 217 Å². The van der Waals surface area contributed by atoms with E-state index in [1.54, 1.807) is 41.3 Å². The predicted octanol–water partition coefficient (Wildman–Crippen LogP) is 6.92. The zero-order valence-electron chi connectivity index (χ0n) is 20.1. The fourth-order valence-corrected chi connectivity index (χ4v) is 4.42. The number of anilines is 2. The molecule has 1 fully saturated rings. The summed E-state index contributed by atoms with van der Waals surface area (Å²) < 4.78 is 44.8. The van der Waals surface area contributed by atoms with Crippen LogP contribution in [0.4, 0.5) is 29.3 Å². The summed E-state index contributed by atoms with van der Waals surface area (Å²) >= 11 is 5.61. The number of alkyl halides is 3. The lowest BCUT2D eigenvalue weighted by molar-refractivity contribution is -0.137. The predicted molar refractivity (Wildman–Crippen MR) is 137 cm³/mol. The smallest absolute Gasteiger partial charge is 0.372 e. The molecule has 0 spiro atoms. The number of morpholine rings is 1. The minimum Gasteiger partial charge on any atom is -0.372 e. The van der Waals surface area contributed by atoms with E-state index in [4.69, 9.17) is 16.3 Å². The first-order valence-corrected chi connectivity index (χ1v) is 12.0. The summed E-state index contributed by atoms with van der Waals surface area (Å²) in [5.74, 6) is -0.0397. The van der Waals surface area contributed by atoms with Crippen molar-refractivity contribution in [3.05, 3.63) is 82.9 Å². The summed E-state index contributed by atoms with van der Waals surface area (Å²) in [6.45, 7) is 4.99. The Balaban J connectivity index is 1.37. The van der Waals surface area contributed by atoms with Crippen LogP contribution in [-0.2, 0) is 10.9 Å². The first-order chi connectivity index (χ1) is 17.5. The standard InChI is InChI=1S/C27H25ClF3N3O3/c1-16-14-34(15-17(2)37-16)25(35)20-5-3-18(4-6-20)19-7-9-21(10-8-19)32-26(36)33-22-11-12-24(28)23(13-22)27(29,30)31/h3-13,16-17H,14-15H2,1-2H3,(H2,32,33,36). The van der Waals surface area contributed by atoms with E-state index in [-0.39, 0.29) is 23.8 Å². The molecule has 37 heavy (non-hydrogen) atoms. The lowest BCUT2D eigenvalue weighted by Crippen LogP contribution is -2.48. The van der Waals surface area contributed by atoms with E-state index in [0.29, 0.717) is 24.3 Å². The molecule has 0 saturated carbocycles. The monoisotopic (exact) mass is 531 g/mol. The molecule has 194 valence electrons. The van der Waals surface area contributed by atoms with E-state index < -0.39 is 22.8 Å². The van der Waals surface area contributed by atoms with Gasteiger partial charge in [-0.15, -0.1) is 0 Å². The molecule has 10 heteroatoms. The minimum atomic E-state index is -4.63. The molecule has 1 saturated heterocycles. The van der Waals surface area contributed by atoms with Crippen molar-refractivity contribution in [2.75, 3.05) is 23.7 Å². The zero-order chi connectivity index (χ0) is 26.7. The zero-order valence-corrected chi connectivity index (χ0v) is 20.9. The molecule has 0 bridgehead atoms. The van der Waals surface area contributed by atoms with Gasteiger partial charge in [-0.1, -0.05) is 35.9 Å². The summed E-state index contributed by atoms with van der Waals surface area (Å²) in [6, 6.07) is 16.7. The van der Waals surface area contributed by atoms with E-state index in [9.17, 15) is 22.8 Å². The highest BCUT2D eigenvalue weighted by Gasteiger charge is 2.33. The molecule has 1 aliphatic rings. The fourth-order valence-electron chi connectivity index (χ4n) is 4.19. The summed E-state index contributed by atoms with van der Waals surface area (Å²) in [6.07, 6.45) is -4.65. The Morgan fingerprint density at radius 1 is 0.865 bits per heavy atom. The molecule has 0 aliphatic carbocycles. The van der Waals surface area contributed by atoms with Crippen molar-refractivity contribution >= 4 is 34.9 Å². The van der Waals surface area contributed by atoms with Crippen molar-refractivity contribution in [3.8, 4) is 11.1 Å². The number of nitrogens with zero attached hydrogens (tertiary/aromatic N) is 1. The van der Waals surface area contributed by atoms with Crippen LogP contribution < -0.4 is 10.6 Å². The molecule has 2 unspecified atom stereocenters. The molecular weight excluding hydrogens is 507 g/mol. The van der Waals surface area contributed by atoms with Crippen molar-refractivity contribution in [3.63, 3.8) is 0 Å². The third kappa shape index (κ3) is 6.61. The van der Waals surface area contributed by atoms with Crippen molar-refractivity contribution in [2.24, 2.45) is 0 Å². The van der Waals surface area contributed by atoms with Gasteiger partial charge in [-0.2, -0.15) is 13.2 Å². The molecule has 2 atom stereocenters. The van der Waals surface area contributed by atoms with Gasteiger partial charge in [0.2, 0.25) is 0 Å². The summed E-state index contributed by atoms with van der Waals surface area (Å²) in [5.41, 5.74) is 1.73. The van der Waals surface area contributed by atoms with Crippen LogP contribution >= 0.6 is 11.6 Å². The van der Waals surface area contributed by atoms with Crippen LogP contribution in [0.3, 0.4) is 0 Å². The normalized spacial score (nSPS) is 17.8. The largest absolute Gasteiger partial charge is 0.417 e. The second kappa shape index (κ2) is 10.8. The molecular formula is C27H25ClF3N3O3. The minimum absolute atomic E-state index is 0.00951. The summed E-state index contributed by atoms with van der Waals surface area (Å²) in [7, 11) is 0. The maximum absolute atomic E-state index is 13.0. The van der Waals surface area contributed by atoms with Gasteiger partial charge in [0.05, 0.1) is 22.8 Å². The Bertz CT molecular complexity index is 1270. The van der Waals surface area contributed by atoms with E-state index in [2.05, 4.69) is 10.6 Å². The highest BCUT2D eigenvalue weighted by molar-refractivity contribution is 6.31. The number of hydrogen-bond donors (Lipinski definition) is 2. The summed E-state index contributed by atoms with van der Waals surface area (Å²) in [5, 5.41) is 4.51. The molecule has 1 aliphatic heterocycles. The number of ether oxygens (including phenoxy) is 1. The van der Waals surface area contributed by atoms with E-state index in [0.717, 1.165) is 23.3 Å². The lowest BCUT2D eigenvalue weighted by atomic mass is 10.0. The van der Waals surface area contributed by atoms with Gasteiger partial charge in [-0.3, -0.25) is 4.79 Å². The number of carbonyl (C=O) groups is 2. The van der Waals surface area contributed by atoms with Gasteiger partial charge in [0.1, 0.15) is 0 Å². The molecule has 1 heterocycles. The molecule has 3 aromatic carbocycles. The average molecular weight is 532 g/mol. The first kappa shape index (κ1) is 26.5. The maximum atomic E-state index is 13.0. The Kier molecular flexibility index (Phi) is 7.75. The van der Waals surface area contributed by atoms with Crippen LogP contribution in [0, 0.1) is 0 Å². The number of rotatable bonds is 4. The SMILES string of the molecule is CC1CN(C(=O)c2ccc(-c3ccc(NC(=O)Nc4ccc(Cl)c(C(F)(F)F)c4)cc3)cc2)CC(C)O1. The molecule has 3 amide bonds. The van der Waals surface area contributed by atoms with Crippen molar-refractivity contribution in [2.45, 2.75) is 32.2 Å². The van der Waals surface area contributed by atoms with Crippen LogP contribution in [0.15, 0.2) is 66.7 Å². The fraction of sp³-hybridized carbons (Fsp3) is 0.259.